The number of ether oxygens (including phenoxy) is 1. The molecule has 0 saturated heterocycles. The van der Waals surface area contributed by atoms with Crippen LogP contribution < -0.4 is 0 Å². The first-order chi connectivity index (χ1) is 8.18. The molecule has 2 nitrogen and oxygen atoms in total. The van der Waals surface area contributed by atoms with Gasteiger partial charge >= 0.3 is 5.97 Å². The van der Waals surface area contributed by atoms with Crippen LogP contribution in [0.4, 0.5) is 0 Å². The normalized spacial score (nSPS) is 19.1. The first-order valence-corrected chi connectivity index (χ1v) is 6.15. The van der Waals surface area contributed by atoms with Crippen LogP contribution in [0.25, 0.3) is 0 Å². The lowest BCUT2D eigenvalue weighted by molar-refractivity contribution is -0.142. The van der Waals surface area contributed by atoms with E-state index < -0.39 is 0 Å². The van der Waals surface area contributed by atoms with Crippen molar-refractivity contribution < 1.29 is 9.53 Å². The van der Waals surface area contributed by atoms with Crippen LogP contribution in [0.1, 0.15) is 46.0 Å². The van der Waals surface area contributed by atoms with Gasteiger partial charge in [0.2, 0.25) is 0 Å². The van der Waals surface area contributed by atoms with Crippen molar-refractivity contribution in [3.05, 3.63) is 34.8 Å². The molecule has 1 heterocycles. The number of hydrogen-bond acceptors (Lipinski definition) is 2. The molecule has 0 N–H and O–H groups in total. The Morgan fingerprint density at radius 1 is 1.06 bits per heavy atom. The van der Waals surface area contributed by atoms with Crippen LogP contribution >= 0.6 is 0 Å². The van der Waals surface area contributed by atoms with Gasteiger partial charge in [-0.05, 0) is 57.3 Å². The summed E-state index contributed by atoms with van der Waals surface area (Å²) >= 11 is 0. The number of cyclic esters (lactones) is 1. The van der Waals surface area contributed by atoms with Crippen LogP contribution in [0.3, 0.4) is 0 Å². The van der Waals surface area contributed by atoms with E-state index in [-0.39, 0.29) is 5.97 Å². The second-order valence-corrected chi connectivity index (χ2v) is 4.35. The summed E-state index contributed by atoms with van der Waals surface area (Å²) in [6, 6.07) is 0. The Morgan fingerprint density at radius 3 is 2.59 bits per heavy atom. The standard InChI is InChI=1S/C15H20O2/c1-13-8-4-3-5-10-14(2)12-17-15(16)11-7-6-9-13/h5-6H,3-4,7-8,11-12H2,1-2H3. The van der Waals surface area contributed by atoms with Gasteiger partial charge in [0.15, 0.2) is 0 Å². The minimum atomic E-state index is -0.154. The Labute approximate surface area is 103 Å². The highest BCUT2D eigenvalue weighted by molar-refractivity contribution is 5.69. The molecule has 2 heteroatoms. The first-order valence-electron chi connectivity index (χ1n) is 6.15. The van der Waals surface area contributed by atoms with Gasteiger partial charge in [0, 0.05) is 12.0 Å². The summed E-state index contributed by atoms with van der Waals surface area (Å²) in [7, 11) is 0. The summed E-state index contributed by atoms with van der Waals surface area (Å²) in [5, 5.41) is 0. The van der Waals surface area contributed by atoms with E-state index in [1.165, 1.54) is 5.57 Å². The zero-order chi connectivity index (χ0) is 12.5. The molecule has 0 radical (unpaired) electrons. The zero-order valence-corrected chi connectivity index (χ0v) is 10.7. The van der Waals surface area contributed by atoms with Crippen LogP contribution in [-0.2, 0) is 9.53 Å². The molecule has 0 spiro atoms. The molecule has 1 aliphatic heterocycles. The molecule has 0 aromatic carbocycles. The summed E-state index contributed by atoms with van der Waals surface area (Å²) in [5.41, 5.74) is 8.57. The third kappa shape index (κ3) is 6.63. The van der Waals surface area contributed by atoms with Crippen LogP contribution in [0.5, 0.6) is 0 Å². The third-order valence-corrected chi connectivity index (χ3v) is 2.54. The van der Waals surface area contributed by atoms with Crippen LogP contribution in [0.2, 0.25) is 0 Å². The molecule has 0 fully saturated rings. The average Bonchev–Trinajstić information content (AvgIpc) is 2.31. The lowest BCUT2D eigenvalue weighted by Gasteiger charge is -2.02. The van der Waals surface area contributed by atoms with E-state index in [4.69, 9.17) is 4.74 Å². The number of carbonyl (C=O) groups is 1. The molecule has 1 aliphatic rings. The van der Waals surface area contributed by atoms with E-state index in [1.807, 2.05) is 19.1 Å². The molecule has 0 aliphatic carbocycles. The maximum absolute atomic E-state index is 11.4. The van der Waals surface area contributed by atoms with Gasteiger partial charge < -0.3 is 4.74 Å². The maximum atomic E-state index is 11.4. The molecule has 0 unspecified atom stereocenters. The molecule has 0 aromatic rings. The molecule has 1 rings (SSSR count). The van der Waals surface area contributed by atoms with Crippen molar-refractivity contribution in [2.75, 3.05) is 6.61 Å². The highest BCUT2D eigenvalue weighted by Crippen LogP contribution is 2.07. The highest BCUT2D eigenvalue weighted by Gasteiger charge is 2.01. The number of allylic oxidation sites excluding steroid dienone is 1. The van der Waals surface area contributed by atoms with Crippen molar-refractivity contribution in [1.82, 2.24) is 0 Å². The van der Waals surface area contributed by atoms with Crippen LogP contribution in [0.15, 0.2) is 34.8 Å². The number of rotatable bonds is 0. The second kappa shape index (κ2) is 7.73. The fourth-order valence-electron chi connectivity index (χ4n) is 1.53. The Balaban J connectivity index is 2.67. The minimum absolute atomic E-state index is 0.154. The van der Waals surface area contributed by atoms with Crippen molar-refractivity contribution >= 4 is 5.97 Å². The van der Waals surface area contributed by atoms with Crippen LogP contribution in [-0.4, -0.2) is 12.6 Å². The fraction of sp³-hybridized carbons (Fsp3) is 0.533. The maximum Gasteiger partial charge on any atom is 0.306 e. The fourth-order valence-corrected chi connectivity index (χ4v) is 1.53. The number of esters is 1. The van der Waals surface area contributed by atoms with Gasteiger partial charge in [-0.1, -0.05) is 0 Å². The molecule has 0 amide bonds. The van der Waals surface area contributed by atoms with Gasteiger partial charge in [0.05, 0.1) is 0 Å². The van der Waals surface area contributed by atoms with E-state index in [2.05, 4.69) is 18.4 Å². The van der Waals surface area contributed by atoms with Gasteiger partial charge in [0.1, 0.15) is 6.61 Å². The van der Waals surface area contributed by atoms with Crippen molar-refractivity contribution in [1.29, 1.82) is 0 Å². The number of carbonyl (C=O) groups excluding carboxylic acids is 1. The largest absolute Gasteiger partial charge is 0.460 e. The Morgan fingerprint density at radius 2 is 1.76 bits per heavy atom. The topological polar surface area (TPSA) is 26.3 Å². The number of hydrogen-bond donors (Lipinski definition) is 0. The van der Waals surface area contributed by atoms with E-state index in [1.54, 1.807) is 0 Å². The van der Waals surface area contributed by atoms with E-state index in [0.717, 1.165) is 24.8 Å². The molecule has 0 saturated carbocycles. The quantitative estimate of drug-likeness (QED) is 0.470. The average molecular weight is 232 g/mol. The predicted octanol–water partition coefficient (Wildman–Crippen LogP) is 3.70. The van der Waals surface area contributed by atoms with Gasteiger partial charge in [0.25, 0.3) is 0 Å². The summed E-state index contributed by atoms with van der Waals surface area (Å²) < 4.78 is 5.11. The Bertz CT molecular complexity index is 389. The molecular weight excluding hydrogens is 212 g/mol. The Kier molecular flexibility index (Phi) is 6.17. The highest BCUT2D eigenvalue weighted by atomic mass is 16.5. The zero-order valence-electron chi connectivity index (χ0n) is 10.7. The Hall–Kier alpha value is -1.49. The van der Waals surface area contributed by atoms with Gasteiger partial charge in [-0.15, -0.1) is 11.5 Å². The van der Waals surface area contributed by atoms with E-state index in [9.17, 15) is 4.79 Å². The smallest absolute Gasteiger partial charge is 0.306 e. The molecule has 17 heavy (non-hydrogen) atoms. The summed E-state index contributed by atoms with van der Waals surface area (Å²) in [6.45, 7) is 4.36. The molecule has 92 valence electrons. The monoisotopic (exact) mass is 232 g/mol. The lowest BCUT2D eigenvalue weighted by atomic mass is 10.1. The van der Waals surface area contributed by atoms with Gasteiger partial charge in [-0.25, -0.2) is 0 Å². The lowest BCUT2D eigenvalue weighted by Crippen LogP contribution is -2.05. The molecule has 0 bridgehead atoms. The minimum Gasteiger partial charge on any atom is -0.460 e. The second-order valence-electron chi connectivity index (χ2n) is 4.35. The van der Waals surface area contributed by atoms with E-state index >= 15 is 0 Å². The molecule has 0 atom stereocenters. The van der Waals surface area contributed by atoms with Gasteiger partial charge in [-0.2, -0.15) is 0 Å². The van der Waals surface area contributed by atoms with Crippen molar-refractivity contribution in [3.63, 3.8) is 0 Å². The summed E-state index contributed by atoms with van der Waals surface area (Å²) in [6.07, 6.45) is 8.26. The van der Waals surface area contributed by atoms with Crippen molar-refractivity contribution in [3.8, 4) is 0 Å². The molecular formula is C15H20O2. The van der Waals surface area contributed by atoms with Crippen molar-refractivity contribution in [2.45, 2.75) is 46.0 Å². The van der Waals surface area contributed by atoms with Crippen LogP contribution in [0, 0.1) is 0 Å². The summed E-state index contributed by atoms with van der Waals surface area (Å²) in [4.78, 5) is 11.4. The molecule has 0 aromatic heterocycles. The third-order valence-electron chi connectivity index (χ3n) is 2.54. The summed E-state index contributed by atoms with van der Waals surface area (Å²) in [5.74, 6) is -0.154. The predicted molar refractivity (Wildman–Crippen MR) is 68.6 cm³/mol. The van der Waals surface area contributed by atoms with Crippen molar-refractivity contribution in [2.24, 2.45) is 0 Å². The van der Waals surface area contributed by atoms with E-state index in [0.29, 0.717) is 19.4 Å². The SMILES string of the molecule is CC1=C=CCCC(=O)OCC(C)=C=CCCC1. The van der Waals surface area contributed by atoms with Gasteiger partial charge in [-0.3, -0.25) is 4.79 Å². The first kappa shape index (κ1) is 13.6.